The molecular weight excluding hydrogens is 2080 g/mol. The number of nitrogens with zero attached hydrogens (tertiary/aromatic N) is 3. The quantitative estimate of drug-likeness (QED) is 0.0428. The van der Waals surface area contributed by atoms with Crippen LogP contribution in [0.25, 0.3) is 132 Å². The number of aliphatic hydroxyl groups excluding tert-OH is 3. The van der Waals surface area contributed by atoms with Crippen LogP contribution in [-0.2, 0) is 71.1 Å². The van der Waals surface area contributed by atoms with Gasteiger partial charge in [0, 0.05) is 89.7 Å². The van der Waals surface area contributed by atoms with E-state index in [-0.39, 0.29) is 133 Å². The van der Waals surface area contributed by atoms with E-state index in [1.165, 1.54) is 129 Å². The topological polar surface area (TPSA) is 164 Å². The van der Waals surface area contributed by atoms with Crippen molar-refractivity contribution in [1.29, 1.82) is 0 Å². The number of pyridine rings is 3. The van der Waals surface area contributed by atoms with Crippen molar-refractivity contribution >= 4 is 82.0 Å². The van der Waals surface area contributed by atoms with E-state index in [9.17, 15) is 24.6 Å². The molecule has 0 aliphatic carbocycles. The number of ketones is 3. The van der Waals surface area contributed by atoms with Gasteiger partial charge in [-0.2, -0.15) is 0 Å². The fraction of sp³-hybridized carbons (Fsp3) is 0.263. The predicted octanol–water partition coefficient (Wildman–Crippen LogP) is 30.6. The second kappa shape index (κ2) is 43.1. The van der Waals surface area contributed by atoms with Gasteiger partial charge in [0.25, 0.3) is 0 Å². The van der Waals surface area contributed by atoms with Crippen molar-refractivity contribution in [2.45, 2.75) is 170 Å². The summed E-state index contributed by atoms with van der Waals surface area (Å²) in [5, 5.41) is 42.8. The first-order valence-corrected chi connectivity index (χ1v) is 42.3. The van der Waals surface area contributed by atoms with Crippen LogP contribution in [-0.4, -0.2) is 62.0 Å². The number of rotatable bonds is 9. The minimum atomic E-state index is -0.306. The van der Waals surface area contributed by atoms with Gasteiger partial charge in [-0.05, 0) is 191 Å². The summed E-state index contributed by atoms with van der Waals surface area (Å²) >= 11 is 0. The Morgan fingerprint density at radius 3 is 0.937 bits per heavy atom. The van der Waals surface area contributed by atoms with E-state index in [2.05, 4.69) is 303 Å². The third kappa shape index (κ3) is 26.9. The van der Waals surface area contributed by atoms with Crippen molar-refractivity contribution in [1.82, 2.24) is 15.0 Å². The maximum atomic E-state index is 9.60. The van der Waals surface area contributed by atoms with Crippen LogP contribution >= 0.6 is 0 Å². The Morgan fingerprint density at radius 1 is 0.294 bits per heavy atom. The van der Waals surface area contributed by atoms with Crippen LogP contribution in [0.4, 0.5) is 0 Å². The molecule has 0 spiro atoms. The molecule has 0 amide bonds. The molecule has 6 N–H and O–H groups in total. The Labute approximate surface area is 788 Å². The number of aryl methyl sites for hydroxylation is 1. The SMILES string of the molecule is CC(C)(C)C(=[OH+])C=C(O)C(C)(C)C.CC(C)(C)C(=[OH+])C=C(O)C(C)(C)C.CC(C)(C)c1ccc2c(ccc3c(-c4[c-]cc(-c5ccccc5)cc4)nccc32)c1.CC(C)(C)c1ccc2c(ccc3c(-c4[c-]cc(-c5ccccc5)cc4)nccc32)c1.CC(O)=CC(=[OH+])C(C)(C)C.Cc1cc(-c2nccc3c2ccc2ccccc23)[c-]cc1-c1ccccc1.[Ir].[Ir].[Ir]. The summed E-state index contributed by atoms with van der Waals surface area (Å²) < 4.78 is 0. The molecule has 3 heterocycles. The maximum absolute atomic E-state index is 9.60. The fourth-order valence-corrected chi connectivity index (χ4v) is 13.5. The molecule has 0 saturated carbocycles. The van der Waals surface area contributed by atoms with Crippen LogP contribution in [0, 0.1) is 52.2 Å². The molecule has 0 aliphatic heterocycles. The largest absolute Gasteiger partial charge is 0.512 e. The van der Waals surface area contributed by atoms with Crippen LogP contribution in [0.1, 0.15) is 169 Å². The van der Waals surface area contributed by atoms with E-state index in [0.29, 0.717) is 0 Å². The van der Waals surface area contributed by atoms with Gasteiger partial charge in [-0.3, -0.25) is 14.4 Å². The van der Waals surface area contributed by atoms with Crippen LogP contribution < -0.4 is 0 Å². The summed E-state index contributed by atoms with van der Waals surface area (Å²) in [7, 11) is 0. The van der Waals surface area contributed by atoms with E-state index in [4.69, 9.17) is 20.1 Å². The number of benzene rings is 12. The van der Waals surface area contributed by atoms with Crippen LogP contribution in [0.15, 0.2) is 309 Å². The molecule has 3 radical (unpaired) electrons. The Kier molecular flexibility index (Phi) is 35.0. The molecule has 3 aromatic heterocycles. The number of allylic oxidation sites excluding steroid dienone is 6. The van der Waals surface area contributed by atoms with Gasteiger partial charge in [0.2, 0.25) is 0 Å². The van der Waals surface area contributed by atoms with E-state index in [1.54, 1.807) is 0 Å². The van der Waals surface area contributed by atoms with Gasteiger partial charge in [0.05, 0.1) is 40.2 Å². The Morgan fingerprint density at radius 2 is 0.611 bits per heavy atom. The third-order valence-electron chi connectivity index (χ3n) is 21.5. The van der Waals surface area contributed by atoms with E-state index >= 15 is 0 Å². The molecule has 0 saturated heterocycles. The van der Waals surface area contributed by atoms with Crippen LogP contribution in [0.2, 0.25) is 0 Å². The molecule has 9 nitrogen and oxygen atoms in total. The smallest absolute Gasteiger partial charge is 0.325 e. The predicted molar refractivity (Wildman–Crippen MR) is 525 cm³/mol. The summed E-state index contributed by atoms with van der Waals surface area (Å²) in [6.45, 7) is 45.6. The number of aromatic nitrogens is 3. The fourth-order valence-electron chi connectivity index (χ4n) is 13.5. The number of aliphatic hydroxyl groups is 3. The normalized spacial score (nSPS) is 12.1. The summed E-state index contributed by atoms with van der Waals surface area (Å²) in [5.74, 6) is 1.17. The number of fused-ring (bicyclic) bond motifs is 9. The number of carbonyl (C=O) groups excluding carboxylic acids is 3. The minimum Gasteiger partial charge on any atom is -0.512 e. The number of hydrogen-bond donors (Lipinski definition) is 3. The van der Waals surface area contributed by atoms with Gasteiger partial charge in [-0.25, -0.2) is 0 Å². The molecule has 657 valence electrons. The zero-order valence-electron chi connectivity index (χ0n) is 77.2. The average Bonchev–Trinajstić information content (AvgIpc) is 0.781. The van der Waals surface area contributed by atoms with Crippen molar-refractivity contribution in [3.8, 4) is 67.2 Å². The van der Waals surface area contributed by atoms with E-state index in [1.807, 2.05) is 141 Å². The third-order valence-corrected chi connectivity index (χ3v) is 21.5. The van der Waals surface area contributed by atoms with Gasteiger partial charge >= 0.3 is 17.3 Å². The van der Waals surface area contributed by atoms with Crippen molar-refractivity contribution in [3.63, 3.8) is 0 Å². The van der Waals surface area contributed by atoms with Crippen LogP contribution in [0.5, 0.6) is 0 Å². The molecule has 12 aromatic carbocycles. The Balaban J connectivity index is 0.000000216. The Bertz CT molecular complexity index is 6090. The average molecular weight is 2210 g/mol. The number of hydrogen-bond acceptors (Lipinski definition) is 6. The van der Waals surface area contributed by atoms with Crippen LogP contribution in [0.3, 0.4) is 0 Å². The summed E-state index contributed by atoms with van der Waals surface area (Å²) in [4.78, 5) is 42.6. The summed E-state index contributed by atoms with van der Waals surface area (Å²) in [6.07, 6.45) is 9.97. The van der Waals surface area contributed by atoms with Gasteiger partial charge in [-0.15, -0.1) is 89.0 Å². The first-order chi connectivity index (χ1) is 57.8. The maximum Gasteiger partial charge on any atom is 0.325 e. The molecule has 0 unspecified atom stereocenters. The first kappa shape index (κ1) is 102. The second-order valence-electron chi connectivity index (χ2n) is 38.8. The standard InChI is InChI=1S/2C29H24N.C26H18N.2C11H20O2.C8H14O2.3Ir/c2*1-29(2,3)24-14-16-25-23(19-24)13-15-27-26(25)17-18-30-28(27)22-11-9-21(10-12-22)20-7-5-4-6-8-20;1-18-17-21(12-13-22(18)19-7-3-2-4-8-19)26-25-14-11-20-9-5-6-10-23(20)24(25)15-16-27-26;2*1-10(2,3)8(12)7-9(13)11(4,5)6;1-6(9)5-7(10)8(2,3)4;;;/h2*4-11,13-19H,1-3H3;2-11,13-17H,1H3;2*7,12H,1-6H3;5,9H,1-4H3;;;/q3*-1;;;;;;/p+3. The van der Waals surface area contributed by atoms with Crippen molar-refractivity contribution in [2.24, 2.45) is 27.1 Å². The van der Waals surface area contributed by atoms with Crippen molar-refractivity contribution < 1.29 is 90.0 Å². The summed E-state index contributed by atoms with van der Waals surface area (Å²) in [5.41, 5.74) is 15.9. The van der Waals surface area contributed by atoms with Crippen molar-refractivity contribution in [3.05, 3.63) is 344 Å². The summed E-state index contributed by atoms with van der Waals surface area (Å²) in [6, 6.07) is 100. The zero-order valence-corrected chi connectivity index (χ0v) is 84.4. The van der Waals surface area contributed by atoms with Gasteiger partial charge in [0.15, 0.2) is 0 Å². The molecule has 12 heteroatoms. The molecule has 0 atom stereocenters. The zero-order chi connectivity index (χ0) is 89.7. The second-order valence-corrected chi connectivity index (χ2v) is 38.8. The monoisotopic (exact) mass is 2210 g/mol. The minimum absolute atomic E-state index is 0. The molecular formula is C114H123Ir3N3O6. The van der Waals surface area contributed by atoms with Crippen molar-refractivity contribution in [2.75, 3.05) is 0 Å². The molecule has 0 bridgehead atoms. The molecule has 0 fully saturated rings. The van der Waals surface area contributed by atoms with Gasteiger partial charge in [-0.1, -0.05) is 311 Å². The molecule has 126 heavy (non-hydrogen) atoms. The van der Waals surface area contributed by atoms with Gasteiger partial charge in [0.1, 0.15) is 11.5 Å². The molecule has 15 aromatic rings. The molecule has 0 aliphatic rings. The Hall–Kier alpha value is -10.8. The van der Waals surface area contributed by atoms with E-state index in [0.717, 1.165) is 44.5 Å². The molecule has 15 rings (SSSR count). The van der Waals surface area contributed by atoms with E-state index < -0.39 is 0 Å². The first-order valence-electron chi connectivity index (χ1n) is 42.3. The van der Waals surface area contributed by atoms with Gasteiger partial charge < -0.3 is 30.3 Å².